The molecule has 0 aliphatic heterocycles. The van der Waals surface area contributed by atoms with Gasteiger partial charge in [0.15, 0.2) is 0 Å². The van der Waals surface area contributed by atoms with E-state index < -0.39 is 0 Å². The molecule has 3 aromatic rings. The van der Waals surface area contributed by atoms with Gasteiger partial charge in [-0.25, -0.2) is 0 Å². The molecule has 0 aliphatic rings. The van der Waals surface area contributed by atoms with E-state index in [0.29, 0.717) is 43.7 Å². The Balaban J connectivity index is 1.38. The third-order valence-electron chi connectivity index (χ3n) is 4.68. The van der Waals surface area contributed by atoms with Gasteiger partial charge in [0, 0.05) is 30.6 Å². The molecular weight excluding hydrogens is 418 g/mol. The lowest BCUT2D eigenvalue weighted by atomic mass is 10.1. The summed E-state index contributed by atoms with van der Waals surface area (Å²) in [4.78, 5) is 24.4. The van der Waals surface area contributed by atoms with Crippen molar-refractivity contribution in [1.82, 2.24) is 20.7 Å². The minimum atomic E-state index is -0.314. The third-order valence-corrected chi connectivity index (χ3v) is 5.66. The Morgan fingerprint density at radius 3 is 2.58 bits per heavy atom. The number of benzene rings is 1. The number of aromatic nitrogens is 3. The van der Waals surface area contributed by atoms with Gasteiger partial charge >= 0.3 is 0 Å². The summed E-state index contributed by atoms with van der Waals surface area (Å²) in [5, 5.41) is 18.6. The molecule has 1 aromatic carbocycles. The Hall–Kier alpha value is -3.27. The van der Waals surface area contributed by atoms with Gasteiger partial charge in [0.1, 0.15) is 16.5 Å². The second-order valence-corrected chi connectivity index (χ2v) is 8.00. The normalized spacial score (nSPS) is 10.7. The average Bonchev–Trinajstić information content (AvgIpc) is 3.36. The summed E-state index contributed by atoms with van der Waals surface area (Å²) < 4.78 is 10.2. The Labute approximate surface area is 184 Å². The van der Waals surface area contributed by atoms with E-state index in [1.165, 1.54) is 11.3 Å². The van der Waals surface area contributed by atoms with Gasteiger partial charge in [0.25, 0.3) is 5.91 Å². The summed E-state index contributed by atoms with van der Waals surface area (Å²) in [6.45, 7) is 4.29. The van der Waals surface area contributed by atoms with Crippen molar-refractivity contribution in [2.45, 2.75) is 39.5 Å². The van der Waals surface area contributed by atoms with Crippen LogP contribution in [0.25, 0.3) is 0 Å². The van der Waals surface area contributed by atoms with Crippen LogP contribution in [0.3, 0.4) is 0 Å². The van der Waals surface area contributed by atoms with Gasteiger partial charge in [-0.15, -0.1) is 10.2 Å². The quantitative estimate of drug-likeness (QED) is 0.494. The van der Waals surface area contributed by atoms with Gasteiger partial charge in [-0.3, -0.25) is 9.59 Å². The second-order valence-electron chi connectivity index (χ2n) is 6.94. The van der Waals surface area contributed by atoms with E-state index in [9.17, 15) is 9.59 Å². The maximum absolute atomic E-state index is 12.3. The summed E-state index contributed by atoms with van der Waals surface area (Å²) in [5.41, 5.74) is 2.54. The minimum Gasteiger partial charge on any atom is -0.497 e. The average molecular weight is 444 g/mol. The van der Waals surface area contributed by atoms with Crippen molar-refractivity contribution in [2.75, 3.05) is 19.0 Å². The van der Waals surface area contributed by atoms with Gasteiger partial charge in [-0.2, -0.15) is 0 Å². The van der Waals surface area contributed by atoms with Crippen LogP contribution in [0.15, 0.2) is 28.8 Å². The van der Waals surface area contributed by atoms with Crippen molar-refractivity contribution in [3.63, 3.8) is 0 Å². The molecule has 31 heavy (non-hydrogen) atoms. The fourth-order valence-electron chi connectivity index (χ4n) is 2.98. The molecule has 0 radical (unpaired) electrons. The fraction of sp³-hybridized carbons (Fsp3) is 0.381. The van der Waals surface area contributed by atoms with Crippen molar-refractivity contribution >= 4 is 28.8 Å². The van der Waals surface area contributed by atoms with E-state index in [1.54, 1.807) is 31.4 Å². The van der Waals surface area contributed by atoms with Gasteiger partial charge in [-0.1, -0.05) is 16.5 Å². The number of amides is 2. The van der Waals surface area contributed by atoms with E-state index in [1.807, 2.05) is 13.8 Å². The summed E-state index contributed by atoms with van der Waals surface area (Å²) in [6, 6.07) is 7.03. The maximum Gasteiger partial charge on any atom is 0.286 e. The summed E-state index contributed by atoms with van der Waals surface area (Å²) >= 11 is 1.23. The van der Waals surface area contributed by atoms with Crippen molar-refractivity contribution in [2.24, 2.45) is 0 Å². The first-order valence-corrected chi connectivity index (χ1v) is 10.7. The Bertz CT molecular complexity index is 1010. The second kappa shape index (κ2) is 10.7. The van der Waals surface area contributed by atoms with Crippen LogP contribution in [0.1, 0.15) is 44.7 Å². The predicted molar refractivity (Wildman–Crippen MR) is 116 cm³/mol. The zero-order valence-electron chi connectivity index (χ0n) is 17.7. The number of nitrogens with one attached hydrogen (secondary N) is 2. The molecule has 0 atom stereocenters. The SMILES string of the molecule is COc1ccc(NC(=O)c2nnc(CCCC(=O)NCCc3c(C)noc3C)s2)cc1. The maximum atomic E-state index is 12.3. The van der Waals surface area contributed by atoms with E-state index >= 15 is 0 Å². The summed E-state index contributed by atoms with van der Waals surface area (Å²) in [5.74, 6) is 1.17. The van der Waals surface area contributed by atoms with E-state index in [4.69, 9.17) is 9.26 Å². The lowest BCUT2D eigenvalue weighted by Crippen LogP contribution is -2.25. The molecule has 3 rings (SSSR count). The molecule has 2 aromatic heterocycles. The molecule has 2 amide bonds. The topological polar surface area (TPSA) is 119 Å². The molecule has 0 aliphatic carbocycles. The van der Waals surface area contributed by atoms with Crippen LogP contribution in [-0.2, 0) is 17.6 Å². The van der Waals surface area contributed by atoms with E-state index in [2.05, 4.69) is 26.0 Å². The highest BCUT2D eigenvalue weighted by atomic mass is 32.1. The standard InChI is InChI=1S/C21H25N5O4S/c1-13-17(14(2)30-26-13)11-12-22-18(27)5-4-6-19-24-25-21(31-19)20(28)23-15-7-9-16(29-3)10-8-15/h7-10H,4-6,11-12H2,1-3H3,(H,22,27)(H,23,28). The molecule has 0 unspecified atom stereocenters. The van der Waals surface area contributed by atoms with Crippen LogP contribution in [0, 0.1) is 13.8 Å². The zero-order chi connectivity index (χ0) is 22.2. The van der Waals surface area contributed by atoms with Crippen LogP contribution < -0.4 is 15.4 Å². The van der Waals surface area contributed by atoms with Crippen LogP contribution in [0.5, 0.6) is 5.75 Å². The number of hydrogen-bond acceptors (Lipinski definition) is 8. The first kappa shape index (κ1) is 22.4. The Morgan fingerprint density at radius 2 is 1.90 bits per heavy atom. The predicted octanol–water partition coefficient (Wildman–Crippen LogP) is 3.09. The lowest BCUT2D eigenvalue weighted by molar-refractivity contribution is -0.121. The number of hydrogen-bond donors (Lipinski definition) is 2. The van der Waals surface area contributed by atoms with Crippen molar-refractivity contribution in [1.29, 1.82) is 0 Å². The van der Waals surface area contributed by atoms with E-state index in [0.717, 1.165) is 22.0 Å². The number of rotatable bonds is 10. The smallest absolute Gasteiger partial charge is 0.286 e. The third kappa shape index (κ3) is 6.35. The molecule has 0 saturated heterocycles. The summed E-state index contributed by atoms with van der Waals surface area (Å²) in [7, 11) is 1.58. The molecule has 2 N–H and O–H groups in total. The highest BCUT2D eigenvalue weighted by Gasteiger charge is 2.14. The summed E-state index contributed by atoms with van der Waals surface area (Å²) in [6.07, 6.45) is 2.29. The van der Waals surface area contributed by atoms with Crippen molar-refractivity contribution in [3.8, 4) is 5.75 Å². The zero-order valence-corrected chi connectivity index (χ0v) is 18.5. The van der Waals surface area contributed by atoms with E-state index in [-0.39, 0.29) is 16.8 Å². The van der Waals surface area contributed by atoms with Crippen molar-refractivity contribution in [3.05, 3.63) is 51.3 Å². The highest BCUT2D eigenvalue weighted by Crippen LogP contribution is 2.18. The molecule has 164 valence electrons. The Morgan fingerprint density at radius 1 is 1.13 bits per heavy atom. The number of aryl methyl sites for hydroxylation is 3. The number of nitrogens with zero attached hydrogens (tertiary/aromatic N) is 3. The number of anilines is 1. The first-order chi connectivity index (χ1) is 15.0. The fourth-order valence-corrected chi connectivity index (χ4v) is 3.76. The Kier molecular flexibility index (Phi) is 7.71. The highest BCUT2D eigenvalue weighted by molar-refractivity contribution is 7.13. The van der Waals surface area contributed by atoms with Crippen LogP contribution in [0.4, 0.5) is 5.69 Å². The molecule has 10 heteroatoms. The number of methoxy groups -OCH3 is 1. The van der Waals surface area contributed by atoms with Gasteiger partial charge in [0.05, 0.1) is 12.8 Å². The lowest BCUT2D eigenvalue weighted by Gasteiger charge is -2.04. The van der Waals surface area contributed by atoms with Gasteiger partial charge in [0.2, 0.25) is 10.9 Å². The largest absolute Gasteiger partial charge is 0.497 e. The minimum absolute atomic E-state index is 0.0197. The van der Waals surface area contributed by atoms with Crippen molar-refractivity contribution < 1.29 is 18.8 Å². The first-order valence-electron chi connectivity index (χ1n) is 9.92. The number of ether oxygens (including phenoxy) is 1. The molecule has 2 heterocycles. The van der Waals surface area contributed by atoms with Gasteiger partial charge < -0.3 is 19.9 Å². The molecular formula is C21H25N5O4S. The van der Waals surface area contributed by atoms with Gasteiger partial charge in [-0.05, 0) is 51.0 Å². The van der Waals surface area contributed by atoms with Crippen LogP contribution >= 0.6 is 11.3 Å². The molecule has 0 spiro atoms. The molecule has 0 bridgehead atoms. The van der Waals surface area contributed by atoms with Crippen LogP contribution in [0.2, 0.25) is 0 Å². The number of carbonyl (C=O) groups excluding carboxylic acids is 2. The molecule has 0 saturated carbocycles. The molecule has 9 nitrogen and oxygen atoms in total. The monoisotopic (exact) mass is 443 g/mol. The number of carbonyl (C=O) groups is 2. The van der Waals surface area contributed by atoms with Crippen LogP contribution in [-0.4, -0.2) is 40.8 Å². The molecule has 0 fully saturated rings.